The van der Waals surface area contributed by atoms with Gasteiger partial charge in [-0.1, -0.05) is 52.8 Å². The monoisotopic (exact) mass is 254 g/mol. The number of rotatable bonds is 5. The molecule has 1 rings (SSSR count). The summed E-state index contributed by atoms with van der Waals surface area (Å²) in [5, 5.41) is 9.19. The number of hydrogen-bond donors (Lipinski definition) is 1. The topological polar surface area (TPSA) is 20.2 Å². The molecule has 0 fully saturated rings. The van der Waals surface area contributed by atoms with Gasteiger partial charge in [-0.3, -0.25) is 0 Å². The standard InChI is InChI=1S/C13H20OS.C2H6/c1-4-11-7-5-6-8-12(11)15-10-13(2,3)9-14;1-2/h5-8,14H,4,9-10H2,1-3H3;1-2H3. The van der Waals surface area contributed by atoms with Crippen LogP contribution in [0.5, 0.6) is 0 Å². The summed E-state index contributed by atoms with van der Waals surface area (Å²) >= 11 is 1.84. The van der Waals surface area contributed by atoms with Crippen molar-refractivity contribution >= 4 is 11.8 Å². The molecule has 0 aliphatic heterocycles. The van der Waals surface area contributed by atoms with E-state index in [1.54, 1.807) is 0 Å². The van der Waals surface area contributed by atoms with Gasteiger partial charge in [0.05, 0.1) is 0 Å². The second-order valence-corrected chi connectivity index (χ2v) is 5.59. The zero-order valence-corrected chi connectivity index (χ0v) is 12.6. The van der Waals surface area contributed by atoms with Crippen LogP contribution in [-0.4, -0.2) is 17.5 Å². The minimum absolute atomic E-state index is 0.00548. The van der Waals surface area contributed by atoms with Crippen molar-refractivity contribution < 1.29 is 5.11 Å². The van der Waals surface area contributed by atoms with Crippen LogP contribution < -0.4 is 0 Å². The Bertz CT molecular complexity index is 308. The molecule has 0 aliphatic rings. The average Bonchev–Trinajstić information content (AvgIpc) is 2.39. The Balaban J connectivity index is 0.00000121. The van der Waals surface area contributed by atoms with Gasteiger partial charge >= 0.3 is 0 Å². The van der Waals surface area contributed by atoms with Crippen molar-refractivity contribution in [3.63, 3.8) is 0 Å². The van der Waals surface area contributed by atoms with Gasteiger partial charge in [0.15, 0.2) is 0 Å². The van der Waals surface area contributed by atoms with Crippen LogP contribution >= 0.6 is 11.8 Å². The number of aliphatic hydroxyl groups is 1. The summed E-state index contributed by atoms with van der Waals surface area (Å²) in [7, 11) is 0. The third kappa shape index (κ3) is 6.13. The Morgan fingerprint density at radius 3 is 2.29 bits per heavy atom. The van der Waals surface area contributed by atoms with E-state index in [1.807, 2.05) is 25.6 Å². The van der Waals surface area contributed by atoms with Crippen LogP contribution in [0, 0.1) is 5.41 Å². The van der Waals surface area contributed by atoms with Gasteiger partial charge in [-0.2, -0.15) is 0 Å². The fourth-order valence-corrected chi connectivity index (χ4v) is 2.47. The summed E-state index contributed by atoms with van der Waals surface area (Å²) in [6.45, 7) is 10.6. The minimum atomic E-state index is 0.00548. The highest BCUT2D eigenvalue weighted by molar-refractivity contribution is 7.99. The minimum Gasteiger partial charge on any atom is -0.396 e. The Kier molecular flexibility index (Phi) is 8.36. The normalized spacial score (nSPS) is 10.7. The molecular weight excluding hydrogens is 228 g/mol. The van der Waals surface area contributed by atoms with Gasteiger partial charge in [-0.05, 0) is 23.5 Å². The summed E-state index contributed by atoms with van der Waals surface area (Å²) in [5.74, 6) is 0.959. The van der Waals surface area contributed by atoms with Gasteiger partial charge < -0.3 is 5.11 Å². The smallest absolute Gasteiger partial charge is 0.0490 e. The molecule has 98 valence electrons. The lowest BCUT2D eigenvalue weighted by Crippen LogP contribution is -2.19. The van der Waals surface area contributed by atoms with E-state index in [-0.39, 0.29) is 12.0 Å². The Morgan fingerprint density at radius 1 is 1.18 bits per heavy atom. The van der Waals surface area contributed by atoms with E-state index >= 15 is 0 Å². The first-order valence-electron chi connectivity index (χ1n) is 6.40. The second kappa shape index (κ2) is 8.60. The zero-order chi connectivity index (χ0) is 13.3. The third-order valence-electron chi connectivity index (χ3n) is 2.40. The van der Waals surface area contributed by atoms with Crippen molar-refractivity contribution in [3.8, 4) is 0 Å². The molecule has 1 N–H and O–H groups in total. The van der Waals surface area contributed by atoms with Crippen LogP contribution in [-0.2, 0) is 6.42 Å². The van der Waals surface area contributed by atoms with E-state index in [9.17, 15) is 5.11 Å². The molecule has 0 aliphatic carbocycles. The summed E-state index contributed by atoms with van der Waals surface area (Å²) in [6.07, 6.45) is 1.07. The number of benzene rings is 1. The van der Waals surface area contributed by atoms with E-state index in [0.717, 1.165) is 12.2 Å². The lowest BCUT2D eigenvalue weighted by atomic mass is 9.98. The molecule has 0 spiro atoms. The molecular formula is C15H26OS. The number of aryl methyl sites for hydroxylation is 1. The van der Waals surface area contributed by atoms with Crippen molar-refractivity contribution in [2.75, 3.05) is 12.4 Å². The molecule has 0 unspecified atom stereocenters. The van der Waals surface area contributed by atoms with E-state index in [4.69, 9.17) is 0 Å². The van der Waals surface area contributed by atoms with Crippen molar-refractivity contribution in [1.29, 1.82) is 0 Å². The molecule has 0 radical (unpaired) electrons. The first kappa shape index (κ1) is 16.5. The van der Waals surface area contributed by atoms with Gasteiger partial charge in [-0.25, -0.2) is 0 Å². The van der Waals surface area contributed by atoms with Crippen LogP contribution in [0.3, 0.4) is 0 Å². The molecule has 2 heteroatoms. The van der Waals surface area contributed by atoms with Gasteiger partial charge in [0.1, 0.15) is 0 Å². The molecule has 1 aromatic carbocycles. The van der Waals surface area contributed by atoms with E-state index < -0.39 is 0 Å². The van der Waals surface area contributed by atoms with Crippen LogP contribution in [0.2, 0.25) is 0 Å². The van der Waals surface area contributed by atoms with Crippen LogP contribution in [0.4, 0.5) is 0 Å². The third-order valence-corrected chi connectivity index (χ3v) is 4.04. The molecule has 0 atom stereocenters. The molecule has 0 saturated carbocycles. The highest BCUT2D eigenvalue weighted by Crippen LogP contribution is 2.29. The SMILES string of the molecule is CC.CCc1ccccc1SCC(C)(C)CO. The lowest BCUT2D eigenvalue weighted by molar-refractivity contribution is 0.180. The summed E-state index contributed by atoms with van der Waals surface area (Å²) in [4.78, 5) is 1.35. The Hall–Kier alpha value is -0.470. The van der Waals surface area contributed by atoms with Crippen molar-refractivity contribution in [2.45, 2.75) is 45.9 Å². The lowest BCUT2D eigenvalue weighted by Gasteiger charge is -2.21. The fourth-order valence-electron chi connectivity index (χ4n) is 1.26. The molecule has 17 heavy (non-hydrogen) atoms. The predicted molar refractivity (Wildman–Crippen MR) is 78.8 cm³/mol. The Morgan fingerprint density at radius 2 is 1.76 bits per heavy atom. The largest absolute Gasteiger partial charge is 0.396 e. The molecule has 0 heterocycles. The fraction of sp³-hybridized carbons (Fsp3) is 0.600. The maximum absolute atomic E-state index is 9.19. The van der Waals surface area contributed by atoms with E-state index in [1.165, 1.54) is 10.5 Å². The van der Waals surface area contributed by atoms with Gasteiger partial charge in [0.25, 0.3) is 0 Å². The van der Waals surface area contributed by atoms with Crippen molar-refractivity contribution in [2.24, 2.45) is 5.41 Å². The molecule has 1 aromatic rings. The predicted octanol–water partition coefficient (Wildman–Crippen LogP) is 4.39. The van der Waals surface area contributed by atoms with Crippen LogP contribution in [0.15, 0.2) is 29.2 Å². The van der Waals surface area contributed by atoms with Crippen molar-refractivity contribution in [3.05, 3.63) is 29.8 Å². The first-order chi connectivity index (χ1) is 8.09. The Labute approximate surface area is 111 Å². The molecule has 0 bridgehead atoms. The maximum Gasteiger partial charge on any atom is 0.0490 e. The number of aliphatic hydroxyl groups excluding tert-OH is 1. The van der Waals surface area contributed by atoms with Gasteiger partial charge in [-0.15, -0.1) is 11.8 Å². The molecule has 0 saturated heterocycles. The molecule has 1 nitrogen and oxygen atoms in total. The number of thioether (sulfide) groups is 1. The summed E-state index contributed by atoms with van der Waals surface area (Å²) in [6, 6.07) is 8.50. The maximum atomic E-state index is 9.19. The average molecular weight is 254 g/mol. The highest BCUT2D eigenvalue weighted by atomic mass is 32.2. The first-order valence-corrected chi connectivity index (χ1v) is 7.39. The van der Waals surface area contributed by atoms with Gasteiger partial charge in [0, 0.05) is 17.3 Å². The molecule has 0 amide bonds. The summed E-state index contributed by atoms with van der Waals surface area (Å²) in [5.41, 5.74) is 1.40. The van der Waals surface area contributed by atoms with Crippen molar-refractivity contribution in [1.82, 2.24) is 0 Å². The van der Waals surface area contributed by atoms with Crippen LogP contribution in [0.25, 0.3) is 0 Å². The van der Waals surface area contributed by atoms with Crippen LogP contribution in [0.1, 0.15) is 40.2 Å². The zero-order valence-electron chi connectivity index (χ0n) is 11.8. The summed E-state index contributed by atoms with van der Waals surface area (Å²) < 4.78 is 0. The second-order valence-electron chi connectivity index (χ2n) is 4.57. The molecule has 0 aromatic heterocycles. The van der Waals surface area contributed by atoms with E-state index in [0.29, 0.717) is 0 Å². The highest BCUT2D eigenvalue weighted by Gasteiger charge is 2.17. The van der Waals surface area contributed by atoms with E-state index in [2.05, 4.69) is 45.0 Å². The van der Waals surface area contributed by atoms with Gasteiger partial charge in [0.2, 0.25) is 0 Å². The quantitative estimate of drug-likeness (QED) is 0.787. The number of hydrogen-bond acceptors (Lipinski definition) is 2.